The fraction of sp³-hybridized carbons (Fsp3) is 0.188. The molecule has 4 heteroatoms. The van der Waals surface area contributed by atoms with Crippen molar-refractivity contribution < 1.29 is 0 Å². The lowest BCUT2D eigenvalue weighted by Crippen LogP contribution is -2.20. The molecule has 0 fully saturated rings. The van der Waals surface area contributed by atoms with E-state index in [0.717, 1.165) is 18.8 Å². The molecule has 0 saturated carbocycles. The molecule has 0 aliphatic heterocycles. The van der Waals surface area contributed by atoms with Crippen molar-refractivity contribution in [2.75, 3.05) is 12.4 Å². The molecule has 0 atom stereocenters. The first-order valence-corrected chi connectivity index (χ1v) is 6.92. The summed E-state index contributed by atoms with van der Waals surface area (Å²) in [4.78, 5) is 2.27. The van der Waals surface area contributed by atoms with Gasteiger partial charge in [0.2, 0.25) is 0 Å². The molecule has 0 spiro atoms. The fourth-order valence-corrected chi connectivity index (χ4v) is 2.27. The van der Waals surface area contributed by atoms with Crippen molar-refractivity contribution in [1.82, 2.24) is 4.90 Å². The quantitative estimate of drug-likeness (QED) is 0.829. The number of thiocarbonyl (C=S) groups is 1. The normalized spacial score (nSPS) is 10.5. The van der Waals surface area contributed by atoms with Gasteiger partial charge in [-0.15, -0.1) is 0 Å². The maximum Gasteiger partial charge on any atom is 0.168 e. The number of rotatable bonds is 5. The number of nitrogens with one attached hydrogen (secondary N) is 1. The van der Waals surface area contributed by atoms with Crippen LogP contribution in [-0.2, 0) is 13.1 Å². The second-order valence-corrected chi connectivity index (χ2v) is 5.29. The van der Waals surface area contributed by atoms with E-state index in [1.54, 1.807) is 0 Å². The van der Waals surface area contributed by atoms with Gasteiger partial charge >= 0.3 is 0 Å². The van der Waals surface area contributed by atoms with E-state index >= 15 is 0 Å². The van der Waals surface area contributed by atoms with Crippen molar-refractivity contribution in [2.24, 2.45) is 5.73 Å². The number of hydrogen-bond donors (Lipinski definition) is 2. The monoisotopic (exact) mass is 285 g/mol. The smallest absolute Gasteiger partial charge is 0.168 e. The molecule has 0 aliphatic carbocycles. The predicted molar refractivity (Wildman–Crippen MR) is 88.5 cm³/mol. The summed E-state index contributed by atoms with van der Waals surface area (Å²) in [6.07, 6.45) is 0. The minimum atomic E-state index is 0.291. The van der Waals surface area contributed by atoms with Crippen LogP contribution in [0.4, 0.5) is 5.69 Å². The summed E-state index contributed by atoms with van der Waals surface area (Å²) in [6.45, 7) is 1.80. The van der Waals surface area contributed by atoms with E-state index in [1.165, 1.54) is 11.1 Å². The van der Waals surface area contributed by atoms with Gasteiger partial charge in [-0.25, -0.2) is 0 Å². The molecule has 0 bridgehead atoms. The number of benzene rings is 2. The van der Waals surface area contributed by atoms with Gasteiger partial charge < -0.3 is 11.1 Å². The molecule has 0 amide bonds. The van der Waals surface area contributed by atoms with Crippen molar-refractivity contribution in [3.8, 4) is 0 Å². The molecule has 3 N–H and O–H groups in total. The molecule has 0 aliphatic rings. The minimum Gasteiger partial charge on any atom is -0.376 e. The second kappa shape index (κ2) is 7.03. The van der Waals surface area contributed by atoms with Gasteiger partial charge in [0.25, 0.3) is 0 Å². The van der Waals surface area contributed by atoms with Crippen LogP contribution in [0.2, 0.25) is 0 Å². The number of nitrogens with two attached hydrogens (primary N) is 1. The van der Waals surface area contributed by atoms with Crippen LogP contribution in [0.25, 0.3) is 0 Å². The van der Waals surface area contributed by atoms with Crippen molar-refractivity contribution in [2.45, 2.75) is 13.1 Å². The molecule has 0 heterocycles. The van der Waals surface area contributed by atoms with Crippen LogP contribution in [0.1, 0.15) is 11.1 Å². The van der Waals surface area contributed by atoms with Crippen LogP contribution < -0.4 is 11.1 Å². The fourth-order valence-electron chi connectivity index (χ4n) is 2.15. The summed E-state index contributed by atoms with van der Waals surface area (Å²) in [7, 11) is 2.11. The zero-order valence-corrected chi connectivity index (χ0v) is 12.4. The largest absolute Gasteiger partial charge is 0.376 e. The summed E-state index contributed by atoms with van der Waals surface area (Å²) < 4.78 is 0. The van der Waals surface area contributed by atoms with Crippen LogP contribution in [0.3, 0.4) is 0 Å². The van der Waals surface area contributed by atoms with Crippen LogP contribution in [0.5, 0.6) is 0 Å². The zero-order valence-electron chi connectivity index (χ0n) is 11.5. The zero-order chi connectivity index (χ0) is 14.4. The van der Waals surface area contributed by atoms with Gasteiger partial charge in [-0.3, -0.25) is 4.90 Å². The Balaban J connectivity index is 1.97. The third-order valence-corrected chi connectivity index (χ3v) is 3.04. The lowest BCUT2D eigenvalue weighted by atomic mass is 10.1. The Morgan fingerprint density at radius 1 is 1.05 bits per heavy atom. The average Bonchev–Trinajstić information content (AvgIpc) is 2.39. The molecule has 0 radical (unpaired) electrons. The summed E-state index contributed by atoms with van der Waals surface area (Å²) >= 11 is 4.85. The molecule has 2 aromatic rings. The molecule has 3 nitrogen and oxygen atoms in total. The van der Waals surface area contributed by atoms with Crippen LogP contribution in [0, 0.1) is 0 Å². The lowest BCUT2D eigenvalue weighted by Gasteiger charge is -2.17. The van der Waals surface area contributed by atoms with Crippen molar-refractivity contribution in [3.05, 3.63) is 65.7 Å². The topological polar surface area (TPSA) is 41.3 Å². The first-order chi connectivity index (χ1) is 9.63. The Bertz CT molecular complexity index is 569. The van der Waals surface area contributed by atoms with Gasteiger partial charge in [-0.05, 0) is 42.5 Å². The van der Waals surface area contributed by atoms with E-state index in [4.69, 9.17) is 18.0 Å². The summed E-state index contributed by atoms with van der Waals surface area (Å²) in [5.41, 5.74) is 8.96. The SMILES string of the molecule is CN(Cc1ccccc1)Cc1cccc(NC(N)=S)c1. The van der Waals surface area contributed by atoms with Crippen LogP contribution in [-0.4, -0.2) is 17.1 Å². The minimum absolute atomic E-state index is 0.291. The maximum absolute atomic E-state index is 5.49. The van der Waals surface area contributed by atoms with Crippen LogP contribution in [0.15, 0.2) is 54.6 Å². The third kappa shape index (κ3) is 4.64. The Morgan fingerprint density at radius 2 is 1.70 bits per heavy atom. The van der Waals surface area contributed by atoms with Crippen molar-refractivity contribution in [3.63, 3.8) is 0 Å². The summed E-state index contributed by atoms with van der Waals surface area (Å²) in [5, 5.41) is 3.25. The Labute approximate surface area is 125 Å². The Hall–Kier alpha value is -1.91. The first kappa shape index (κ1) is 14.5. The molecule has 0 aromatic heterocycles. The second-order valence-electron chi connectivity index (χ2n) is 4.85. The van der Waals surface area contributed by atoms with E-state index in [9.17, 15) is 0 Å². The van der Waals surface area contributed by atoms with Gasteiger partial charge in [0, 0.05) is 18.8 Å². The van der Waals surface area contributed by atoms with Gasteiger partial charge in [0.15, 0.2) is 5.11 Å². The Morgan fingerprint density at radius 3 is 2.40 bits per heavy atom. The molecule has 2 aromatic carbocycles. The molecule has 104 valence electrons. The van der Waals surface area contributed by atoms with Crippen molar-refractivity contribution >= 4 is 23.0 Å². The van der Waals surface area contributed by atoms with E-state index < -0.39 is 0 Å². The highest BCUT2D eigenvalue weighted by Crippen LogP contribution is 2.13. The third-order valence-electron chi connectivity index (χ3n) is 2.94. The van der Waals surface area contributed by atoms with E-state index in [0.29, 0.717) is 5.11 Å². The van der Waals surface area contributed by atoms with Crippen molar-refractivity contribution in [1.29, 1.82) is 0 Å². The van der Waals surface area contributed by atoms with E-state index in [1.807, 2.05) is 18.2 Å². The highest BCUT2D eigenvalue weighted by molar-refractivity contribution is 7.80. The first-order valence-electron chi connectivity index (χ1n) is 6.51. The molecular formula is C16H19N3S. The molecular weight excluding hydrogens is 266 g/mol. The standard InChI is InChI=1S/C16H19N3S/c1-19(11-13-6-3-2-4-7-13)12-14-8-5-9-15(10-14)18-16(17)20/h2-10H,11-12H2,1H3,(H3,17,18,20). The average molecular weight is 285 g/mol. The number of hydrogen-bond acceptors (Lipinski definition) is 2. The predicted octanol–water partition coefficient (Wildman–Crippen LogP) is 2.97. The maximum atomic E-state index is 5.49. The lowest BCUT2D eigenvalue weighted by molar-refractivity contribution is 0.319. The van der Waals surface area contributed by atoms with Gasteiger partial charge in [-0.2, -0.15) is 0 Å². The highest BCUT2D eigenvalue weighted by atomic mass is 32.1. The molecule has 20 heavy (non-hydrogen) atoms. The summed E-state index contributed by atoms with van der Waals surface area (Å²) in [6, 6.07) is 18.6. The van der Waals surface area contributed by atoms with Crippen LogP contribution >= 0.6 is 12.2 Å². The number of nitrogens with zero attached hydrogens (tertiary/aromatic N) is 1. The van der Waals surface area contributed by atoms with Gasteiger partial charge in [0.05, 0.1) is 0 Å². The molecule has 0 saturated heterocycles. The van der Waals surface area contributed by atoms with Gasteiger partial charge in [0.1, 0.15) is 0 Å². The van der Waals surface area contributed by atoms with Gasteiger partial charge in [-0.1, -0.05) is 42.5 Å². The Kier molecular flexibility index (Phi) is 5.09. The van der Waals surface area contributed by atoms with E-state index in [-0.39, 0.29) is 0 Å². The highest BCUT2D eigenvalue weighted by Gasteiger charge is 2.03. The number of anilines is 1. The molecule has 0 unspecified atom stereocenters. The van der Waals surface area contributed by atoms with E-state index in [2.05, 4.69) is 53.7 Å². The molecule has 2 rings (SSSR count). The summed E-state index contributed by atoms with van der Waals surface area (Å²) in [5.74, 6) is 0.